The van der Waals surface area contributed by atoms with Gasteiger partial charge in [0.1, 0.15) is 4.83 Å². The first-order valence-corrected chi connectivity index (χ1v) is 11.1. The molecule has 0 aliphatic heterocycles. The number of hydrogen-bond donors (Lipinski definition) is 2. The van der Waals surface area contributed by atoms with E-state index in [2.05, 4.69) is 21.7 Å². The van der Waals surface area contributed by atoms with E-state index in [1.807, 2.05) is 85.2 Å². The number of benzene rings is 2. The Morgan fingerprint density at radius 3 is 2.66 bits per heavy atom. The number of rotatable bonds is 5. The van der Waals surface area contributed by atoms with Crippen molar-refractivity contribution < 1.29 is 4.79 Å². The largest absolute Gasteiger partial charge is 0.355 e. The summed E-state index contributed by atoms with van der Waals surface area (Å²) in [7, 11) is 0. The van der Waals surface area contributed by atoms with E-state index >= 15 is 0 Å². The topological polar surface area (TPSA) is 66.9 Å². The van der Waals surface area contributed by atoms with E-state index in [4.69, 9.17) is 4.98 Å². The van der Waals surface area contributed by atoms with Crippen molar-refractivity contribution in [3.8, 4) is 11.3 Å². The third-order valence-corrected chi connectivity index (χ3v) is 5.88. The number of pyridine rings is 2. The minimum Gasteiger partial charge on any atom is -0.355 e. The van der Waals surface area contributed by atoms with E-state index in [1.165, 1.54) is 0 Å². The van der Waals surface area contributed by atoms with E-state index < -0.39 is 0 Å². The number of thiophene rings is 1. The van der Waals surface area contributed by atoms with E-state index in [-0.39, 0.29) is 5.91 Å². The fraction of sp³-hybridized carbons (Fsp3) is 0.0385. The van der Waals surface area contributed by atoms with Crippen LogP contribution in [0.4, 0.5) is 17.1 Å². The quantitative estimate of drug-likeness (QED) is 0.323. The van der Waals surface area contributed by atoms with Gasteiger partial charge < -0.3 is 10.6 Å². The zero-order valence-electron chi connectivity index (χ0n) is 17.4. The van der Waals surface area contributed by atoms with Crippen LogP contribution in [-0.2, 0) is 0 Å². The number of fused-ring (bicyclic) bond motifs is 1. The predicted molar refractivity (Wildman–Crippen MR) is 132 cm³/mol. The molecule has 3 heterocycles. The van der Waals surface area contributed by atoms with Gasteiger partial charge in [-0.2, -0.15) is 0 Å². The summed E-state index contributed by atoms with van der Waals surface area (Å²) in [6, 6.07) is 23.2. The lowest BCUT2D eigenvalue weighted by atomic mass is 10.1. The molecule has 0 aliphatic carbocycles. The smallest absolute Gasteiger partial charge is 0.255 e. The van der Waals surface area contributed by atoms with Crippen LogP contribution in [0, 0.1) is 6.92 Å². The maximum absolute atomic E-state index is 12.8. The van der Waals surface area contributed by atoms with E-state index in [0.29, 0.717) is 5.56 Å². The van der Waals surface area contributed by atoms with Gasteiger partial charge in [-0.25, -0.2) is 4.98 Å². The Bertz CT molecular complexity index is 1410. The van der Waals surface area contributed by atoms with Gasteiger partial charge in [0, 0.05) is 40.3 Å². The van der Waals surface area contributed by atoms with Crippen molar-refractivity contribution in [2.75, 3.05) is 10.6 Å². The minimum atomic E-state index is -0.147. The fourth-order valence-electron chi connectivity index (χ4n) is 3.53. The summed E-state index contributed by atoms with van der Waals surface area (Å²) in [6.07, 6.45) is 3.56. The van der Waals surface area contributed by atoms with Gasteiger partial charge in [-0.05, 0) is 72.5 Å². The summed E-state index contributed by atoms with van der Waals surface area (Å²) in [5.41, 5.74) is 6.04. The average Bonchev–Trinajstić information content (AvgIpc) is 3.29. The summed E-state index contributed by atoms with van der Waals surface area (Å²) < 4.78 is 0. The van der Waals surface area contributed by atoms with Crippen molar-refractivity contribution in [2.24, 2.45) is 0 Å². The number of carbonyl (C=O) groups excluding carboxylic acids is 1. The maximum atomic E-state index is 12.8. The lowest BCUT2D eigenvalue weighted by Gasteiger charge is -2.12. The zero-order valence-corrected chi connectivity index (χ0v) is 18.2. The van der Waals surface area contributed by atoms with Crippen molar-refractivity contribution in [1.82, 2.24) is 9.97 Å². The van der Waals surface area contributed by atoms with Crippen LogP contribution in [0.15, 0.2) is 90.6 Å². The molecular formula is C26H20N4OS. The lowest BCUT2D eigenvalue weighted by Crippen LogP contribution is -2.12. The maximum Gasteiger partial charge on any atom is 0.255 e. The zero-order chi connectivity index (χ0) is 21.9. The number of hydrogen-bond acceptors (Lipinski definition) is 5. The van der Waals surface area contributed by atoms with Gasteiger partial charge in [0.25, 0.3) is 5.91 Å². The summed E-state index contributed by atoms with van der Waals surface area (Å²) in [4.78, 5) is 22.7. The Labute approximate surface area is 189 Å². The molecule has 0 saturated carbocycles. The van der Waals surface area contributed by atoms with Crippen LogP contribution < -0.4 is 10.6 Å². The first-order valence-electron chi connectivity index (χ1n) is 10.2. The van der Waals surface area contributed by atoms with Gasteiger partial charge >= 0.3 is 0 Å². The molecule has 1 amide bonds. The minimum absolute atomic E-state index is 0.147. The molecule has 3 aromatic heterocycles. The first-order chi connectivity index (χ1) is 15.7. The Morgan fingerprint density at radius 1 is 0.938 bits per heavy atom. The molecule has 32 heavy (non-hydrogen) atoms. The van der Waals surface area contributed by atoms with Crippen LogP contribution in [0.3, 0.4) is 0 Å². The highest BCUT2D eigenvalue weighted by atomic mass is 32.1. The molecule has 5 aromatic rings. The molecule has 2 N–H and O–H groups in total. The highest BCUT2D eigenvalue weighted by Crippen LogP contribution is 2.33. The molecule has 0 atom stereocenters. The molecule has 5 rings (SSSR count). The Hall–Kier alpha value is -4.03. The summed E-state index contributed by atoms with van der Waals surface area (Å²) >= 11 is 1.60. The number of aryl methyl sites for hydroxylation is 1. The SMILES string of the molecule is Cc1cccc(NC(=O)c2cccc(Nc3cc(-c4cccnc4)nc4sccc34)c2)c1. The molecule has 0 radical (unpaired) electrons. The van der Waals surface area contributed by atoms with Crippen LogP contribution in [-0.4, -0.2) is 15.9 Å². The van der Waals surface area contributed by atoms with Crippen molar-refractivity contribution in [2.45, 2.75) is 6.92 Å². The molecule has 5 nitrogen and oxygen atoms in total. The van der Waals surface area contributed by atoms with E-state index in [1.54, 1.807) is 17.5 Å². The molecule has 0 fully saturated rings. The number of amides is 1. The van der Waals surface area contributed by atoms with Crippen LogP contribution >= 0.6 is 11.3 Å². The highest BCUT2D eigenvalue weighted by molar-refractivity contribution is 7.16. The standard InChI is InChI=1S/C26H20N4OS/c1-17-5-2-8-20(13-17)29-25(31)18-6-3-9-21(14-18)28-24-15-23(19-7-4-11-27-16-19)30-26-22(24)10-12-32-26/h2-16H,1H3,(H,28,30)(H,29,31). The lowest BCUT2D eigenvalue weighted by molar-refractivity contribution is 0.102. The van der Waals surface area contributed by atoms with Crippen LogP contribution in [0.2, 0.25) is 0 Å². The molecule has 0 bridgehead atoms. The molecule has 0 aliphatic rings. The summed E-state index contributed by atoms with van der Waals surface area (Å²) in [5, 5.41) is 9.51. The molecule has 0 saturated heterocycles. The van der Waals surface area contributed by atoms with Crippen LogP contribution in [0.5, 0.6) is 0 Å². The van der Waals surface area contributed by atoms with Gasteiger partial charge in [-0.1, -0.05) is 18.2 Å². The van der Waals surface area contributed by atoms with Gasteiger partial charge in [0.15, 0.2) is 0 Å². The number of nitrogens with one attached hydrogen (secondary N) is 2. The monoisotopic (exact) mass is 436 g/mol. The molecule has 0 spiro atoms. The normalized spacial score (nSPS) is 10.8. The Kier molecular flexibility index (Phi) is 5.35. The van der Waals surface area contributed by atoms with Gasteiger partial charge in [-0.3, -0.25) is 9.78 Å². The van der Waals surface area contributed by atoms with Crippen molar-refractivity contribution in [3.63, 3.8) is 0 Å². The molecule has 2 aromatic carbocycles. The first kappa shape index (κ1) is 19.9. The average molecular weight is 437 g/mol. The molecular weight excluding hydrogens is 416 g/mol. The van der Waals surface area contributed by atoms with Gasteiger partial charge in [0.05, 0.1) is 11.4 Å². The van der Waals surface area contributed by atoms with E-state index in [0.717, 1.165) is 44.1 Å². The molecule has 6 heteroatoms. The predicted octanol–water partition coefficient (Wildman–Crippen LogP) is 6.66. The second-order valence-electron chi connectivity index (χ2n) is 7.47. The fourth-order valence-corrected chi connectivity index (χ4v) is 4.32. The Morgan fingerprint density at radius 2 is 1.81 bits per heavy atom. The molecule has 0 unspecified atom stereocenters. The van der Waals surface area contributed by atoms with E-state index in [9.17, 15) is 4.79 Å². The highest BCUT2D eigenvalue weighted by Gasteiger charge is 2.11. The third-order valence-electron chi connectivity index (χ3n) is 5.08. The number of carbonyl (C=O) groups is 1. The summed E-state index contributed by atoms with van der Waals surface area (Å²) in [5.74, 6) is -0.147. The van der Waals surface area contributed by atoms with Gasteiger partial charge in [-0.15, -0.1) is 11.3 Å². The second-order valence-corrected chi connectivity index (χ2v) is 8.36. The van der Waals surface area contributed by atoms with Crippen LogP contribution in [0.25, 0.3) is 21.5 Å². The van der Waals surface area contributed by atoms with Crippen molar-refractivity contribution in [3.05, 3.63) is 102 Å². The van der Waals surface area contributed by atoms with Crippen molar-refractivity contribution >= 4 is 44.5 Å². The summed E-state index contributed by atoms with van der Waals surface area (Å²) in [6.45, 7) is 2.00. The molecule has 156 valence electrons. The second kappa shape index (κ2) is 8.61. The van der Waals surface area contributed by atoms with Crippen molar-refractivity contribution in [1.29, 1.82) is 0 Å². The number of anilines is 3. The van der Waals surface area contributed by atoms with Crippen LogP contribution in [0.1, 0.15) is 15.9 Å². The van der Waals surface area contributed by atoms with Gasteiger partial charge in [0.2, 0.25) is 0 Å². The number of aromatic nitrogens is 2. The Balaban J connectivity index is 1.44. The number of nitrogens with zero attached hydrogens (tertiary/aromatic N) is 2. The third kappa shape index (κ3) is 4.22.